The Kier molecular flexibility index (Phi) is 5.48. The van der Waals surface area contributed by atoms with Crippen molar-refractivity contribution < 1.29 is 0 Å². The molecule has 20 heavy (non-hydrogen) atoms. The lowest BCUT2D eigenvalue weighted by molar-refractivity contribution is 0.165. The van der Waals surface area contributed by atoms with E-state index in [1.54, 1.807) is 11.1 Å². The van der Waals surface area contributed by atoms with Gasteiger partial charge in [0.25, 0.3) is 0 Å². The number of halogens is 1. The van der Waals surface area contributed by atoms with E-state index in [2.05, 4.69) is 30.0 Å². The number of piperidine rings is 1. The summed E-state index contributed by atoms with van der Waals surface area (Å²) in [7, 11) is 0. The fourth-order valence-corrected chi connectivity index (χ4v) is 3.62. The van der Waals surface area contributed by atoms with Crippen LogP contribution in [0.3, 0.4) is 0 Å². The van der Waals surface area contributed by atoms with Crippen molar-refractivity contribution in [2.24, 2.45) is 11.7 Å². The third-order valence-corrected chi connectivity index (χ3v) is 4.94. The second-order valence-corrected chi connectivity index (χ2v) is 6.43. The van der Waals surface area contributed by atoms with E-state index in [0.717, 1.165) is 12.5 Å². The zero-order valence-electron chi connectivity index (χ0n) is 12.5. The van der Waals surface area contributed by atoms with E-state index in [9.17, 15) is 0 Å². The molecule has 1 atom stereocenters. The van der Waals surface area contributed by atoms with Crippen molar-refractivity contribution in [3.05, 3.63) is 34.9 Å². The van der Waals surface area contributed by atoms with Crippen molar-refractivity contribution in [2.45, 2.75) is 51.6 Å². The summed E-state index contributed by atoms with van der Waals surface area (Å²) >= 11 is 0. The molecule has 0 bridgehead atoms. The van der Waals surface area contributed by atoms with Crippen LogP contribution in [-0.2, 0) is 19.4 Å². The summed E-state index contributed by atoms with van der Waals surface area (Å²) in [5.74, 6) is 0.733. The van der Waals surface area contributed by atoms with Gasteiger partial charge < -0.3 is 5.73 Å². The van der Waals surface area contributed by atoms with Gasteiger partial charge in [0.15, 0.2) is 0 Å². The summed E-state index contributed by atoms with van der Waals surface area (Å²) in [5, 5.41) is 0. The lowest BCUT2D eigenvalue weighted by atomic mass is 9.91. The van der Waals surface area contributed by atoms with Crippen LogP contribution in [0.15, 0.2) is 18.2 Å². The van der Waals surface area contributed by atoms with Gasteiger partial charge in [-0.1, -0.05) is 18.2 Å². The van der Waals surface area contributed by atoms with E-state index < -0.39 is 0 Å². The minimum atomic E-state index is 0. The third kappa shape index (κ3) is 3.55. The molecule has 2 N–H and O–H groups in total. The normalized spacial score (nSPS) is 21.3. The number of hydrogen-bond acceptors (Lipinski definition) is 2. The summed E-state index contributed by atoms with van der Waals surface area (Å²) in [6, 6.07) is 7.50. The molecule has 2 aliphatic rings. The molecule has 0 amide bonds. The molecule has 1 aromatic rings. The highest BCUT2D eigenvalue weighted by molar-refractivity contribution is 5.85. The Hall–Kier alpha value is -0.570. The Morgan fingerprint density at radius 1 is 1.20 bits per heavy atom. The number of hydrogen-bond donors (Lipinski definition) is 1. The number of aryl methyl sites for hydroxylation is 2. The minimum absolute atomic E-state index is 0. The quantitative estimate of drug-likeness (QED) is 0.928. The smallest absolute Gasteiger partial charge is 0.0233 e. The third-order valence-electron chi connectivity index (χ3n) is 4.94. The summed E-state index contributed by atoms with van der Waals surface area (Å²) < 4.78 is 0. The Morgan fingerprint density at radius 2 is 1.90 bits per heavy atom. The van der Waals surface area contributed by atoms with Gasteiger partial charge in [0, 0.05) is 12.6 Å². The van der Waals surface area contributed by atoms with Crippen molar-refractivity contribution in [3.8, 4) is 0 Å². The Bertz CT molecular complexity index is 437. The highest BCUT2D eigenvalue weighted by atomic mass is 35.5. The van der Waals surface area contributed by atoms with Gasteiger partial charge in [-0.25, -0.2) is 0 Å². The lowest BCUT2D eigenvalue weighted by Gasteiger charge is -2.33. The van der Waals surface area contributed by atoms with Gasteiger partial charge in [-0.15, -0.1) is 12.4 Å². The predicted octanol–water partition coefficient (Wildman–Crippen LogP) is 3.16. The lowest BCUT2D eigenvalue weighted by Crippen LogP contribution is -2.39. The highest BCUT2D eigenvalue weighted by Crippen LogP contribution is 2.25. The van der Waals surface area contributed by atoms with Crippen LogP contribution in [0.2, 0.25) is 0 Å². The zero-order chi connectivity index (χ0) is 13.2. The molecular weight excluding hydrogens is 268 g/mol. The molecule has 0 saturated carbocycles. The minimum Gasteiger partial charge on any atom is -0.328 e. The zero-order valence-corrected chi connectivity index (χ0v) is 13.3. The molecule has 112 valence electrons. The molecule has 1 aliphatic carbocycles. The maximum atomic E-state index is 6.01. The molecule has 2 nitrogen and oxygen atoms in total. The first kappa shape index (κ1) is 15.8. The predicted molar refractivity (Wildman–Crippen MR) is 87.4 cm³/mol. The van der Waals surface area contributed by atoms with Crippen molar-refractivity contribution in [1.82, 2.24) is 4.90 Å². The topological polar surface area (TPSA) is 29.3 Å². The Balaban J connectivity index is 0.00000147. The van der Waals surface area contributed by atoms with Crippen molar-refractivity contribution in [3.63, 3.8) is 0 Å². The monoisotopic (exact) mass is 294 g/mol. The van der Waals surface area contributed by atoms with Crippen LogP contribution in [0.25, 0.3) is 0 Å². The van der Waals surface area contributed by atoms with Gasteiger partial charge in [-0.05, 0) is 74.7 Å². The second-order valence-electron chi connectivity index (χ2n) is 6.43. The fourth-order valence-electron chi connectivity index (χ4n) is 3.62. The van der Waals surface area contributed by atoms with Crippen LogP contribution >= 0.6 is 12.4 Å². The first-order valence-electron chi connectivity index (χ1n) is 7.81. The van der Waals surface area contributed by atoms with Gasteiger partial charge in [0.1, 0.15) is 0 Å². The van der Waals surface area contributed by atoms with Crippen LogP contribution in [0.5, 0.6) is 0 Å². The second kappa shape index (κ2) is 6.93. The van der Waals surface area contributed by atoms with Gasteiger partial charge in [-0.2, -0.15) is 0 Å². The van der Waals surface area contributed by atoms with Crippen molar-refractivity contribution in [1.29, 1.82) is 0 Å². The number of rotatable bonds is 3. The van der Waals surface area contributed by atoms with Gasteiger partial charge in [0.05, 0.1) is 0 Å². The molecule has 3 heteroatoms. The van der Waals surface area contributed by atoms with Crippen molar-refractivity contribution >= 4 is 12.4 Å². The molecule has 3 rings (SSSR count). The summed E-state index contributed by atoms with van der Waals surface area (Å²) in [4.78, 5) is 2.59. The average Bonchev–Trinajstić information content (AvgIpc) is 2.87. The van der Waals surface area contributed by atoms with E-state index in [0.29, 0.717) is 6.04 Å². The van der Waals surface area contributed by atoms with E-state index >= 15 is 0 Å². The Morgan fingerprint density at radius 3 is 2.60 bits per heavy atom. The molecule has 0 aromatic heterocycles. The maximum absolute atomic E-state index is 6.01. The summed E-state index contributed by atoms with van der Waals surface area (Å²) in [6.45, 7) is 5.70. The number of likely N-dealkylation sites (tertiary alicyclic amines) is 1. The fraction of sp³-hybridized carbons (Fsp3) is 0.647. The molecular formula is C17H27ClN2. The van der Waals surface area contributed by atoms with E-state index in [1.807, 2.05) is 0 Å². The van der Waals surface area contributed by atoms with Crippen LogP contribution in [-0.4, -0.2) is 24.0 Å². The summed E-state index contributed by atoms with van der Waals surface area (Å²) in [6.07, 6.45) is 6.45. The maximum Gasteiger partial charge on any atom is 0.0233 e. The van der Waals surface area contributed by atoms with Crippen LogP contribution in [0.4, 0.5) is 0 Å². The van der Waals surface area contributed by atoms with E-state index in [4.69, 9.17) is 5.73 Å². The average molecular weight is 295 g/mol. The summed E-state index contributed by atoms with van der Waals surface area (Å²) in [5.41, 5.74) is 10.7. The molecule has 0 spiro atoms. The van der Waals surface area contributed by atoms with Crippen LogP contribution in [0, 0.1) is 5.92 Å². The molecule has 0 radical (unpaired) electrons. The van der Waals surface area contributed by atoms with Crippen LogP contribution < -0.4 is 5.73 Å². The molecule has 1 fully saturated rings. The molecule has 1 aliphatic heterocycles. The number of benzene rings is 1. The van der Waals surface area contributed by atoms with Crippen molar-refractivity contribution in [2.75, 3.05) is 13.1 Å². The van der Waals surface area contributed by atoms with Gasteiger partial charge in [-0.3, -0.25) is 4.90 Å². The number of fused-ring (bicyclic) bond motifs is 1. The highest BCUT2D eigenvalue weighted by Gasteiger charge is 2.22. The molecule has 1 saturated heterocycles. The van der Waals surface area contributed by atoms with E-state index in [-0.39, 0.29) is 12.4 Å². The van der Waals surface area contributed by atoms with Crippen LogP contribution in [0.1, 0.15) is 42.9 Å². The number of nitrogens with zero attached hydrogens (tertiary/aromatic N) is 1. The molecule has 1 heterocycles. The molecule has 1 aromatic carbocycles. The first-order chi connectivity index (χ1) is 9.22. The van der Waals surface area contributed by atoms with Gasteiger partial charge >= 0.3 is 0 Å². The van der Waals surface area contributed by atoms with Gasteiger partial charge in [0.2, 0.25) is 0 Å². The Labute approximate surface area is 129 Å². The number of nitrogens with two attached hydrogens (primary N) is 1. The van der Waals surface area contributed by atoms with E-state index in [1.165, 1.54) is 50.8 Å². The SMILES string of the molecule is CC(N)C1CCN(Cc2ccc3c(c2)CCC3)CC1.Cl. The first-order valence-corrected chi connectivity index (χ1v) is 7.81. The molecule has 1 unspecified atom stereocenters. The standard InChI is InChI=1S/C17H26N2.ClH/c1-13(18)15-7-9-19(10-8-15)12-14-5-6-16-3-2-4-17(16)11-14;/h5-6,11,13,15H,2-4,7-10,12,18H2,1H3;1H. The largest absolute Gasteiger partial charge is 0.328 e.